The van der Waals surface area contributed by atoms with Crippen LogP contribution in [0.2, 0.25) is 0 Å². The van der Waals surface area contributed by atoms with Gasteiger partial charge in [0.05, 0.1) is 5.75 Å². The number of likely N-dealkylation sites (N-methyl/N-ethyl adjacent to an activating group) is 1. The number of nitrogens with zero attached hydrogens (tertiary/aromatic N) is 1. The van der Waals surface area contributed by atoms with Crippen LogP contribution in [-0.2, 0) is 33.8 Å². The van der Waals surface area contributed by atoms with Crippen LogP contribution in [0.1, 0.15) is 135 Å². The summed E-state index contributed by atoms with van der Waals surface area (Å²) in [6.07, 6.45) is 11.2. The van der Waals surface area contributed by atoms with Gasteiger partial charge < -0.3 is 4.90 Å². The number of ketones is 4. The van der Waals surface area contributed by atoms with Crippen molar-refractivity contribution in [2.75, 3.05) is 12.8 Å². The van der Waals surface area contributed by atoms with Crippen molar-refractivity contribution in [3.63, 3.8) is 0 Å². The molecule has 0 fully saturated rings. The lowest BCUT2D eigenvalue weighted by Crippen LogP contribution is -2.31. The van der Waals surface area contributed by atoms with Crippen LogP contribution in [0.15, 0.2) is 74.8 Å². The van der Waals surface area contributed by atoms with Crippen LogP contribution in [0, 0.1) is 29.6 Å². The first-order valence-electron chi connectivity index (χ1n) is 19.0. The van der Waals surface area contributed by atoms with E-state index in [4.69, 9.17) is 0 Å². The Morgan fingerprint density at radius 1 is 0.574 bits per heavy atom. The van der Waals surface area contributed by atoms with Crippen LogP contribution in [0.3, 0.4) is 0 Å². The van der Waals surface area contributed by atoms with E-state index in [9.17, 15) is 32.4 Å². The maximum absolute atomic E-state index is 10.9. The number of hydrogen-bond donors (Lipinski definition) is 0. The third-order valence-corrected chi connectivity index (χ3v) is 8.29. The zero-order chi connectivity index (χ0) is 44.2. The van der Waals surface area contributed by atoms with Gasteiger partial charge >= 0.3 is 0 Å². The number of Topliss-reactive ketones (excluding diaryl/α,β-unsaturated/α-hetero) is 1. The van der Waals surface area contributed by atoms with E-state index in [1.54, 1.807) is 18.9 Å². The fraction of sp³-hybridized carbons (Fsp3) is 0.622. The zero-order valence-corrected chi connectivity index (χ0v) is 37.8. The molecule has 0 rings (SSSR count). The third kappa shape index (κ3) is 57.9. The van der Waals surface area contributed by atoms with Crippen LogP contribution in [0.25, 0.3) is 0 Å². The second kappa shape index (κ2) is 39.2. The minimum absolute atomic E-state index is 0.0231. The molecule has 0 saturated heterocycles. The highest BCUT2D eigenvalue weighted by Gasteiger charge is 2.07. The molecule has 0 N–H and O–H groups in total. The molecule has 0 aromatic carbocycles. The molecule has 0 aromatic rings. The molecule has 0 atom stereocenters. The van der Waals surface area contributed by atoms with Gasteiger partial charge in [-0.3, -0.25) is 24.0 Å². The third-order valence-electron chi connectivity index (χ3n) is 6.65. The van der Waals surface area contributed by atoms with Gasteiger partial charge in [0.25, 0.3) is 0 Å². The van der Waals surface area contributed by atoms with Crippen molar-refractivity contribution in [1.82, 2.24) is 4.90 Å². The lowest BCUT2D eigenvalue weighted by molar-refractivity contribution is -0.126. The topological polar surface area (TPSA) is 123 Å². The Kier molecular flexibility index (Phi) is 45.4. The Bertz CT molecular complexity index is 1220. The molecular weight excluding hydrogens is 699 g/mol. The number of carbonyl (C=O) groups excluding carboxylic acids is 5. The lowest BCUT2D eigenvalue weighted by Gasteiger charge is -2.18. The van der Waals surface area contributed by atoms with Gasteiger partial charge in [-0.05, 0) is 93.1 Å². The summed E-state index contributed by atoms with van der Waals surface area (Å²) < 4.78 is 21.4. The Balaban J connectivity index is -0.000000128. The van der Waals surface area contributed by atoms with Crippen LogP contribution < -0.4 is 0 Å². The number of sulfone groups is 1. The van der Waals surface area contributed by atoms with E-state index in [0.717, 1.165) is 24.7 Å². The van der Waals surface area contributed by atoms with Gasteiger partial charge in [-0.15, -0.1) is 0 Å². The number of rotatable bonds is 20. The van der Waals surface area contributed by atoms with E-state index in [1.807, 2.05) is 55.4 Å². The second-order valence-corrected chi connectivity index (χ2v) is 17.3. The fourth-order valence-electron chi connectivity index (χ4n) is 3.28. The molecule has 0 aliphatic heterocycles. The largest absolute Gasteiger partial charge is 0.340 e. The minimum Gasteiger partial charge on any atom is -0.340 e. The summed E-state index contributed by atoms with van der Waals surface area (Å²) in [5.74, 6) is 3.25. The number of hydrogen-bond acceptors (Lipinski definition) is 7. The summed E-state index contributed by atoms with van der Waals surface area (Å²) in [4.78, 5) is 55.0. The fourth-order valence-corrected chi connectivity index (χ4v) is 4.35. The summed E-state index contributed by atoms with van der Waals surface area (Å²) in [6, 6.07) is 0.260. The van der Waals surface area contributed by atoms with Gasteiger partial charge in [0.15, 0.2) is 33.0 Å². The van der Waals surface area contributed by atoms with Crippen LogP contribution in [0.5, 0.6) is 0 Å². The highest BCUT2D eigenvalue weighted by atomic mass is 32.2. The molecule has 9 heteroatoms. The smallest absolute Gasteiger partial charge is 0.245 e. The standard InChI is InChI=1S/C9H16O.2C8H14O.C7H13NO.C7H12O.C6H12O2S/c1-4-9(10)7-5-6-8(2)3;1-6(2)5-8(9)7(3)4;1-4-8(9)6-5-7(2)3;1-5-7(9)8(4)6(2)3;1-4-7(8)5-6(2)3;1-4-9(7,8)5-6(2)3/h4,8H,1,5-7H2,2-3H3;6H,3,5H2,1-2,4H3;4,7H,1,5-6H2,2-3H3;5-6H,1H2,2-4H3;4,6H,1,5H2,2-3H3;4,6H,1,5H2,2-3H3. The quantitative estimate of drug-likeness (QED) is 0.113. The van der Waals surface area contributed by atoms with Crippen LogP contribution >= 0.6 is 0 Å². The normalized spacial score (nSPS) is 10.0. The molecule has 0 aliphatic carbocycles. The van der Waals surface area contributed by atoms with Crippen molar-refractivity contribution in [1.29, 1.82) is 0 Å². The average Bonchev–Trinajstić information content (AvgIpc) is 3.06. The number of carbonyl (C=O) groups is 5. The molecule has 0 spiro atoms. The van der Waals surface area contributed by atoms with E-state index in [-0.39, 0.29) is 46.8 Å². The molecule has 0 aromatic heterocycles. The van der Waals surface area contributed by atoms with Crippen molar-refractivity contribution in [2.45, 2.75) is 141 Å². The molecule has 54 heavy (non-hydrogen) atoms. The Morgan fingerprint density at radius 2 is 0.981 bits per heavy atom. The van der Waals surface area contributed by atoms with Crippen molar-refractivity contribution in [2.24, 2.45) is 29.6 Å². The van der Waals surface area contributed by atoms with Crippen molar-refractivity contribution >= 4 is 38.9 Å². The van der Waals surface area contributed by atoms with E-state index >= 15 is 0 Å². The van der Waals surface area contributed by atoms with Crippen molar-refractivity contribution in [3.05, 3.63) is 74.8 Å². The molecule has 314 valence electrons. The first-order valence-corrected chi connectivity index (χ1v) is 20.7. The highest BCUT2D eigenvalue weighted by molar-refractivity contribution is 7.94. The Morgan fingerprint density at radius 3 is 1.19 bits per heavy atom. The number of amides is 1. The molecule has 0 unspecified atom stereocenters. The van der Waals surface area contributed by atoms with E-state index in [0.29, 0.717) is 54.9 Å². The van der Waals surface area contributed by atoms with Gasteiger partial charge in [0, 0.05) is 44.2 Å². The summed E-state index contributed by atoms with van der Waals surface area (Å²) in [6.45, 7) is 46.3. The first kappa shape index (κ1) is 62.5. The van der Waals surface area contributed by atoms with Crippen molar-refractivity contribution < 1.29 is 32.4 Å². The average molecular weight is 780 g/mol. The monoisotopic (exact) mass is 780 g/mol. The minimum atomic E-state index is -2.95. The lowest BCUT2D eigenvalue weighted by atomic mass is 10.0. The van der Waals surface area contributed by atoms with Gasteiger partial charge in [0.2, 0.25) is 5.91 Å². The van der Waals surface area contributed by atoms with Gasteiger partial charge in [-0.1, -0.05) is 115 Å². The Hall–Kier alpha value is -3.46. The maximum Gasteiger partial charge on any atom is 0.245 e. The first-order chi connectivity index (χ1) is 24.6. The molecule has 0 heterocycles. The predicted octanol–water partition coefficient (Wildman–Crippen LogP) is 11.0. The van der Waals surface area contributed by atoms with Crippen LogP contribution in [0.4, 0.5) is 0 Å². The van der Waals surface area contributed by atoms with Gasteiger partial charge in [-0.25, -0.2) is 8.42 Å². The molecule has 0 aliphatic rings. The molecular formula is C45H81NO7S. The molecule has 0 saturated carbocycles. The zero-order valence-electron chi connectivity index (χ0n) is 37.0. The Labute approximate surface area is 333 Å². The SMILES string of the molecule is C=C(C)C(=O)CC(C)C.C=CC(=O)CC(C)C.C=CC(=O)CCC(C)C.C=CC(=O)CCCC(C)C.C=CC(=O)N(C)C(C)C.C=CS(=O)(=O)CC(C)C. The van der Waals surface area contributed by atoms with Crippen LogP contribution in [-0.4, -0.2) is 61.2 Å². The molecule has 0 bridgehead atoms. The predicted molar refractivity (Wildman–Crippen MR) is 234 cm³/mol. The summed E-state index contributed by atoms with van der Waals surface area (Å²) in [5.41, 5.74) is 0.670. The summed E-state index contributed by atoms with van der Waals surface area (Å²) in [5, 5.41) is 1.01. The van der Waals surface area contributed by atoms with Gasteiger partial charge in [-0.2, -0.15) is 0 Å². The second-order valence-electron chi connectivity index (χ2n) is 15.3. The van der Waals surface area contributed by atoms with Crippen molar-refractivity contribution in [3.8, 4) is 0 Å². The maximum atomic E-state index is 10.9. The van der Waals surface area contributed by atoms with Gasteiger partial charge in [0.1, 0.15) is 0 Å². The molecule has 0 radical (unpaired) electrons. The van der Waals surface area contributed by atoms with E-state index in [1.165, 1.54) is 24.3 Å². The summed E-state index contributed by atoms with van der Waals surface area (Å²) >= 11 is 0. The highest BCUT2D eigenvalue weighted by Crippen LogP contribution is 2.07. The molecule has 1 amide bonds. The number of allylic oxidation sites excluding steroid dienone is 4. The van der Waals surface area contributed by atoms with E-state index in [2.05, 4.69) is 67.2 Å². The molecule has 8 nitrogen and oxygen atoms in total. The van der Waals surface area contributed by atoms with E-state index < -0.39 is 9.84 Å². The summed E-state index contributed by atoms with van der Waals surface area (Å²) in [7, 11) is -1.20.